The Morgan fingerprint density at radius 1 is 0.897 bits per heavy atom. The molecule has 1 saturated heterocycles. The predicted octanol–water partition coefficient (Wildman–Crippen LogP) is 4.61. The van der Waals surface area contributed by atoms with Gasteiger partial charge in [-0.1, -0.05) is 72.8 Å². The molecule has 1 fully saturated rings. The van der Waals surface area contributed by atoms with Gasteiger partial charge in [0.2, 0.25) is 5.60 Å². The summed E-state index contributed by atoms with van der Waals surface area (Å²) in [5.74, 6) is -1.68. The molecule has 3 aromatic rings. The van der Waals surface area contributed by atoms with Gasteiger partial charge < -0.3 is 14.0 Å². The van der Waals surface area contributed by atoms with Crippen LogP contribution in [0.15, 0.2) is 84.9 Å². The second-order valence-electron chi connectivity index (χ2n) is 9.39. The van der Waals surface area contributed by atoms with Gasteiger partial charge in [0.1, 0.15) is 5.75 Å². The first-order chi connectivity index (χ1) is 18.5. The molecule has 1 atom stereocenters. The Hall–Kier alpha value is -3.41. The third-order valence-electron chi connectivity index (χ3n) is 6.63. The molecule has 1 aliphatic rings. The maximum absolute atomic E-state index is 13.3. The van der Waals surface area contributed by atoms with Gasteiger partial charge in [-0.25, -0.2) is 4.79 Å². The summed E-state index contributed by atoms with van der Waals surface area (Å²) < 4.78 is 71.2. The minimum Gasteiger partial charge on any atom is -0.463 e. The second-order valence-corrected chi connectivity index (χ2v) is 10.9. The lowest BCUT2D eigenvalue weighted by atomic mass is 9.86. The van der Waals surface area contributed by atoms with Crippen LogP contribution in [0.1, 0.15) is 29.5 Å². The predicted molar refractivity (Wildman–Crippen MR) is 137 cm³/mol. The number of benzene rings is 3. The maximum atomic E-state index is 13.3. The first kappa shape index (κ1) is 28.6. The van der Waals surface area contributed by atoms with Crippen molar-refractivity contribution in [3.05, 3.63) is 102 Å². The fourth-order valence-corrected chi connectivity index (χ4v) is 4.93. The largest absolute Gasteiger partial charge is 0.534 e. The van der Waals surface area contributed by atoms with E-state index in [1.54, 1.807) is 18.2 Å². The molecule has 0 unspecified atom stereocenters. The quantitative estimate of drug-likeness (QED) is 0.231. The van der Waals surface area contributed by atoms with Crippen molar-refractivity contribution in [1.82, 2.24) is 4.90 Å². The molecule has 3 aromatic carbocycles. The topological polar surface area (TPSA) is 93.1 Å². The molecule has 0 aromatic heterocycles. The van der Waals surface area contributed by atoms with E-state index in [2.05, 4.69) is 21.2 Å². The number of likely N-dealkylation sites (tertiary alicyclic amines) is 1. The zero-order valence-electron chi connectivity index (χ0n) is 20.9. The van der Waals surface area contributed by atoms with Crippen molar-refractivity contribution < 1.29 is 40.4 Å². The highest BCUT2D eigenvalue weighted by Crippen LogP contribution is 2.35. The van der Waals surface area contributed by atoms with E-state index in [1.807, 2.05) is 18.2 Å². The molecule has 7 nitrogen and oxygen atoms in total. The highest BCUT2D eigenvalue weighted by atomic mass is 32.2. The van der Waals surface area contributed by atoms with E-state index < -0.39 is 32.9 Å². The van der Waals surface area contributed by atoms with Gasteiger partial charge in [0.25, 0.3) is 0 Å². The zero-order chi connectivity index (χ0) is 28.1. The summed E-state index contributed by atoms with van der Waals surface area (Å²) in [6.45, 7) is 2.50. The van der Waals surface area contributed by atoms with Crippen LogP contribution in [0.2, 0.25) is 0 Å². The van der Waals surface area contributed by atoms with Crippen molar-refractivity contribution in [2.75, 3.05) is 19.7 Å². The minimum atomic E-state index is -5.95. The molecular weight excluding hydrogens is 535 g/mol. The van der Waals surface area contributed by atoms with Gasteiger partial charge in [-0.3, -0.25) is 4.90 Å². The summed E-state index contributed by atoms with van der Waals surface area (Å²) >= 11 is 0. The molecule has 0 radical (unpaired) electrons. The number of halogens is 3. The lowest BCUT2D eigenvalue weighted by Gasteiger charge is -2.33. The Morgan fingerprint density at radius 2 is 1.49 bits per heavy atom. The Kier molecular flexibility index (Phi) is 8.63. The average Bonchev–Trinajstić information content (AvgIpc) is 2.92. The highest BCUT2D eigenvalue weighted by Gasteiger charge is 2.49. The van der Waals surface area contributed by atoms with E-state index in [-0.39, 0.29) is 23.7 Å². The Bertz CT molecular complexity index is 1360. The van der Waals surface area contributed by atoms with Crippen LogP contribution in [0.25, 0.3) is 0 Å². The fraction of sp³-hybridized carbons (Fsp3) is 0.321. The molecular formula is C28H28F3NO6S. The Morgan fingerprint density at radius 3 is 2.10 bits per heavy atom. The molecule has 39 heavy (non-hydrogen) atoms. The first-order valence-corrected chi connectivity index (χ1v) is 13.7. The molecule has 0 bridgehead atoms. The van der Waals surface area contributed by atoms with E-state index in [0.717, 1.165) is 44.6 Å². The molecule has 1 N–H and O–H groups in total. The summed E-state index contributed by atoms with van der Waals surface area (Å²) in [5, 5.41) is 11.6. The van der Waals surface area contributed by atoms with Crippen molar-refractivity contribution >= 4 is 16.1 Å². The van der Waals surface area contributed by atoms with Crippen LogP contribution in [0.4, 0.5) is 13.2 Å². The van der Waals surface area contributed by atoms with E-state index in [1.165, 1.54) is 29.8 Å². The Balaban J connectivity index is 1.47. The van der Waals surface area contributed by atoms with Crippen molar-refractivity contribution in [3.8, 4) is 5.75 Å². The summed E-state index contributed by atoms with van der Waals surface area (Å²) in [4.78, 5) is 15.7. The molecule has 0 aliphatic carbocycles. The van der Waals surface area contributed by atoms with Crippen LogP contribution in [-0.4, -0.2) is 49.6 Å². The van der Waals surface area contributed by atoms with Gasteiger partial charge in [-0.15, -0.1) is 0 Å². The number of hydrogen-bond acceptors (Lipinski definition) is 7. The van der Waals surface area contributed by atoms with Gasteiger partial charge in [-0.05, 0) is 55.1 Å². The number of carbonyl (C=O) groups is 1. The number of aliphatic hydroxyl groups is 1. The number of piperidine rings is 1. The van der Waals surface area contributed by atoms with E-state index >= 15 is 0 Å². The molecule has 4 rings (SSSR count). The van der Waals surface area contributed by atoms with E-state index in [9.17, 15) is 31.5 Å². The lowest BCUT2D eigenvalue weighted by molar-refractivity contribution is -0.164. The van der Waals surface area contributed by atoms with Gasteiger partial charge in [0, 0.05) is 12.1 Å². The molecule has 0 spiro atoms. The third kappa shape index (κ3) is 6.78. The number of alkyl halides is 3. The number of carbonyl (C=O) groups excluding carboxylic acids is 1. The van der Waals surface area contributed by atoms with Crippen molar-refractivity contribution in [2.24, 2.45) is 5.92 Å². The minimum absolute atomic E-state index is 0.0474. The monoisotopic (exact) mass is 563 g/mol. The van der Waals surface area contributed by atoms with Crippen LogP contribution >= 0.6 is 0 Å². The van der Waals surface area contributed by atoms with Crippen molar-refractivity contribution in [3.63, 3.8) is 0 Å². The molecule has 0 amide bonds. The van der Waals surface area contributed by atoms with Gasteiger partial charge in [0.15, 0.2) is 0 Å². The Labute approximate surface area is 224 Å². The van der Waals surface area contributed by atoms with Crippen LogP contribution < -0.4 is 4.18 Å². The van der Waals surface area contributed by atoms with Crippen molar-refractivity contribution in [2.45, 2.75) is 30.5 Å². The normalized spacial score (nSPS) is 16.8. The summed E-state index contributed by atoms with van der Waals surface area (Å²) in [7, 11) is -5.95. The SMILES string of the molecule is O=C(OCC1CCN(Cc2ccccc2)CC1)[C@](O)(c1ccccc1)c1cccc(OS(=O)(=O)C(F)(F)F)c1. The van der Waals surface area contributed by atoms with E-state index in [0.29, 0.717) is 0 Å². The number of hydrogen-bond donors (Lipinski definition) is 1. The van der Waals surface area contributed by atoms with E-state index in [4.69, 9.17) is 4.74 Å². The summed E-state index contributed by atoms with van der Waals surface area (Å²) in [5.41, 5.74) is -6.95. The highest BCUT2D eigenvalue weighted by molar-refractivity contribution is 7.88. The van der Waals surface area contributed by atoms with Crippen LogP contribution in [0.3, 0.4) is 0 Å². The molecule has 0 saturated carbocycles. The molecule has 1 aliphatic heterocycles. The van der Waals surface area contributed by atoms with Crippen LogP contribution in [0, 0.1) is 5.92 Å². The first-order valence-electron chi connectivity index (χ1n) is 12.3. The average molecular weight is 564 g/mol. The third-order valence-corrected chi connectivity index (χ3v) is 7.61. The van der Waals surface area contributed by atoms with Crippen LogP contribution in [0.5, 0.6) is 5.75 Å². The number of rotatable bonds is 9. The number of esters is 1. The fourth-order valence-electron chi connectivity index (χ4n) is 4.48. The van der Waals surface area contributed by atoms with Crippen molar-refractivity contribution in [1.29, 1.82) is 0 Å². The maximum Gasteiger partial charge on any atom is 0.534 e. The number of nitrogens with zero attached hydrogens (tertiary/aromatic N) is 1. The second kappa shape index (κ2) is 11.8. The summed E-state index contributed by atoms with van der Waals surface area (Å²) in [6, 6.07) is 22.1. The lowest BCUT2D eigenvalue weighted by Crippen LogP contribution is -2.40. The zero-order valence-corrected chi connectivity index (χ0v) is 21.7. The number of ether oxygens (including phenoxy) is 1. The van der Waals surface area contributed by atoms with Gasteiger partial charge in [-0.2, -0.15) is 21.6 Å². The van der Waals surface area contributed by atoms with Gasteiger partial charge in [0.05, 0.1) is 6.61 Å². The standard InChI is InChI=1S/C28H28F3NO6S/c29-28(30,31)39(35,36)38-25-13-7-12-24(18-25)27(34,23-10-5-2-6-11-23)26(33)37-20-22-14-16-32(17-15-22)19-21-8-3-1-4-9-21/h1-13,18,22,34H,14-17,19-20H2/t27-/m0/s1. The smallest absolute Gasteiger partial charge is 0.463 e. The van der Waals surface area contributed by atoms with Gasteiger partial charge >= 0.3 is 21.6 Å². The van der Waals surface area contributed by atoms with Crippen LogP contribution in [-0.2, 0) is 31.8 Å². The molecule has 1 heterocycles. The molecule has 208 valence electrons. The molecule has 11 heteroatoms. The summed E-state index contributed by atoms with van der Waals surface area (Å²) in [6.07, 6.45) is 1.56.